The summed E-state index contributed by atoms with van der Waals surface area (Å²) in [6.07, 6.45) is 3.97. The number of nitrogens with one attached hydrogen (secondary N) is 1. The Labute approximate surface area is 180 Å². The molecule has 0 fully saturated rings. The number of para-hydroxylation sites is 1. The molecule has 0 saturated carbocycles. The van der Waals surface area contributed by atoms with Crippen molar-refractivity contribution >= 4 is 11.3 Å². The molecule has 0 amide bonds. The van der Waals surface area contributed by atoms with E-state index >= 15 is 0 Å². The minimum Gasteiger partial charge on any atom is -0.306 e. The van der Waals surface area contributed by atoms with E-state index in [1.165, 1.54) is 21.4 Å². The van der Waals surface area contributed by atoms with Gasteiger partial charge in [-0.05, 0) is 45.9 Å². The largest absolute Gasteiger partial charge is 0.306 e. The maximum atomic E-state index is 14.4. The highest BCUT2D eigenvalue weighted by Crippen LogP contribution is 2.33. The molecule has 0 aliphatic carbocycles. The quantitative estimate of drug-likeness (QED) is 0.461. The highest BCUT2D eigenvalue weighted by molar-refractivity contribution is 7.12. The summed E-state index contributed by atoms with van der Waals surface area (Å²) in [6, 6.07) is 9.01. The molecule has 1 atom stereocenters. The summed E-state index contributed by atoms with van der Waals surface area (Å²) in [7, 11) is 1.93. The first-order valence-corrected chi connectivity index (χ1v) is 10.8. The number of nitrogens with zero attached hydrogens (tertiary/aromatic N) is 4. The molecular formula is C23H26FN5S. The van der Waals surface area contributed by atoms with Crippen LogP contribution in [0.4, 0.5) is 4.39 Å². The predicted octanol–water partition coefficient (Wildman–Crippen LogP) is 5.25. The van der Waals surface area contributed by atoms with Crippen molar-refractivity contribution in [1.29, 1.82) is 0 Å². The van der Waals surface area contributed by atoms with E-state index in [1.807, 2.05) is 37.1 Å². The lowest BCUT2D eigenvalue weighted by molar-refractivity contribution is 0.572. The zero-order chi connectivity index (χ0) is 21.4. The van der Waals surface area contributed by atoms with Crippen molar-refractivity contribution in [2.45, 2.75) is 40.3 Å². The Hall–Kier alpha value is -2.77. The number of thiophene rings is 1. The number of rotatable bonds is 6. The van der Waals surface area contributed by atoms with Crippen LogP contribution in [0, 0.1) is 26.6 Å². The summed E-state index contributed by atoms with van der Waals surface area (Å²) in [4.78, 5) is 2.45. The van der Waals surface area contributed by atoms with E-state index in [4.69, 9.17) is 5.10 Å². The molecular weight excluding hydrogens is 397 g/mol. The Morgan fingerprint density at radius 2 is 1.90 bits per heavy atom. The summed E-state index contributed by atoms with van der Waals surface area (Å²) >= 11 is 1.75. The number of benzene rings is 1. The Bertz CT molecular complexity index is 1190. The van der Waals surface area contributed by atoms with Gasteiger partial charge in [0.05, 0.1) is 11.4 Å². The van der Waals surface area contributed by atoms with E-state index in [2.05, 4.69) is 37.3 Å². The molecule has 0 unspecified atom stereocenters. The second kappa shape index (κ2) is 8.16. The molecule has 0 aliphatic rings. The van der Waals surface area contributed by atoms with Gasteiger partial charge in [-0.15, -0.1) is 11.3 Å². The van der Waals surface area contributed by atoms with Crippen molar-refractivity contribution in [3.63, 3.8) is 0 Å². The van der Waals surface area contributed by atoms with Crippen molar-refractivity contribution in [1.82, 2.24) is 24.9 Å². The third-order valence-corrected chi connectivity index (χ3v) is 6.27. The van der Waals surface area contributed by atoms with E-state index in [0.29, 0.717) is 12.2 Å². The van der Waals surface area contributed by atoms with Crippen LogP contribution >= 0.6 is 11.3 Å². The van der Waals surface area contributed by atoms with Crippen molar-refractivity contribution < 1.29 is 4.39 Å². The average Bonchev–Trinajstić information content (AvgIpc) is 3.36. The minimum atomic E-state index is -0.288. The SMILES string of the molecule is Cc1cc(-c2nn(-c3ccccc3F)cc2CN[C@@H](C)c2cn(C)nc2C)c(C)s1. The lowest BCUT2D eigenvalue weighted by Gasteiger charge is -2.13. The van der Waals surface area contributed by atoms with Crippen molar-refractivity contribution in [3.8, 4) is 16.9 Å². The standard InChI is InChI=1S/C23H26FN5S/c1-14-10-19(17(4)30-14)23-18(11-25-15(2)20-13-28(5)26-16(20)3)12-29(27-23)22-9-7-6-8-21(22)24/h6-10,12-13,15,25H,11H2,1-5H3/t15-/m0/s1. The average molecular weight is 424 g/mol. The molecule has 1 aromatic carbocycles. The van der Waals surface area contributed by atoms with Crippen molar-refractivity contribution in [2.75, 3.05) is 0 Å². The first kappa shape index (κ1) is 20.5. The summed E-state index contributed by atoms with van der Waals surface area (Å²) in [5.41, 5.74) is 5.67. The highest BCUT2D eigenvalue weighted by Gasteiger charge is 2.19. The van der Waals surface area contributed by atoms with Crippen LogP contribution in [-0.2, 0) is 13.6 Å². The summed E-state index contributed by atoms with van der Waals surface area (Å²) in [6.45, 7) is 8.97. The summed E-state index contributed by atoms with van der Waals surface area (Å²) in [5.74, 6) is -0.288. The third-order valence-electron chi connectivity index (χ3n) is 5.30. The van der Waals surface area contributed by atoms with Gasteiger partial charge < -0.3 is 5.32 Å². The number of aryl methyl sites for hydroxylation is 4. The lowest BCUT2D eigenvalue weighted by atomic mass is 10.1. The van der Waals surface area contributed by atoms with Gasteiger partial charge in [-0.3, -0.25) is 4.68 Å². The van der Waals surface area contributed by atoms with Crippen molar-refractivity contribution in [3.05, 3.63) is 75.1 Å². The zero-order valence-electron chi connectivity index (χ0n) is 17.9. The molecule has 4 rings (SSSR count). The van der Waals surface area contributed by atoms with Gasteiger partial charge in [0, 0.05) is 58.5 Å². The molecule has 3 aromatic heterocycles. The van der Waals surface area contributed by atoms with Crippen LogP contribution in [0.25, 0.3) is 16.9 Å². The topological polar surface area (TPSA) is 47.7 Å². The molecule has 7 heteroatoms. The zero-order valence-corrected chi connectivity index (χ0v) is 18.7. The monoisotopic (exact) mass is 423 g/mol. The maximum Gasteiger partial charge on any atom is 0.148 e. The van der Waals surface area contributed by atoms with E-state index in [-0.39, 0.29) is 11.9 Å². The second-order valence-corrected chi connectivity index (χ2v) is 9.13. The van der Waals surface area contributed by atoms with Gasteiger partial charge in [0.2, 0.25) is 0 Å². The van der Waals surface area contributed by atoms with E-state index in [0.717, 1.165) is 22.5 Å². The molecule has 0 saturated heterocycles. The minimum absolute atomic E-state index is 0.133. The Balaban J connectivity index is 1.69. The second-order valence-electron chi connectivity index (χ2n) is 7.67. The fourth-order valence-electron chi connectivity index (χ4n) is 3.81. The maximum absolute atomic E-state index is 14.4. The van der Waals surface area contributed by atoms with Gasteiger partial charge in [0.15, 0.2) is 0 Å². The van der Waals surface area contributed by atoms with E-state index in [1.54, 1.807) is 28.2 Å². The van der Waals surface area contributed by atoms with E-state index in [9.17, 15) is 4.39 Å². The Morgan fingerprint density at radius 1 is 1.13 bits per heavy atom. The molecule has 0 radical (unpaired) electrons. The van der Waals surface area contributed by atoms with Gasteiger partial charge in [-0.1, -0.05) is 12.1 Å². The van der Waals surface area contributed by atoms with Crippen LogP contribution in [0.1, 0.15) is 39.5 Å². The van der Waals surface area contributed by atoms with Gasteiger partial charge in [0.1, 0.15) is 11.5 Å². The molecule has 0 spiro atoms. The van der Waals surface area contributed by atoms with Gasteiger partial charge in [-0.25, -0.2) is 9.07 Å². The smallest absolute Gasteiger partial charge is 0.148 e. The van der Waals surface area contributed by atoms with Crippen LogP contribution in [0.15, 0.2) is 42.7 Å². The van der Waals surface area contributed by atoms with Crippen molar-refractivity contribution in [2.24, 2.45) is 7.05 Å². The number of aromatic nitrogens is 4. The van der Waals surface area contributed by atoms with E-state index < -0.39 is 0 Å². The first-order chi connectivity index (χ1) is 14.3. The molecule has 30 heavy (non-hydrogen) atoms. The summed E-state index contributed by atoms with van der Waals surface area (Å²) in [5, 5.41) is 12.8. The number of hydrogen-bond donors (Lipinski definition) is 1. The first-order valence-electron chi connectivity index (χ1n) is 9.98. The van der Waals surface area contributed by atoms with Crippen LogP contribution in [-0.4, -0.2) is 19.6 Å². The Morgan fingerprint density at radius 3 is 2.53 bits per heavy atom. The molecule has 0 bridgehead atoms. The lowest BCUT2D eigenvalue weighted by Crippen LogP contribution is -2.18. The van der Waals surface area contributed by atoms with Crippen LogP contribution in [0.2, 0.25) is 0 Å². The normalized spacial score (nSPS) is 12.5. The van der Waals surface area contributed by atoms with Gasteiger partial charge in [0.25, 0.3) is 0 Å². The molecule has 1 N–H and O–H groups in total. The van der Waals surface area contributed by atoms with Gasteiger partial charge in [-0.2, -0.15) is 10.2 Å². The third kappa shape index (κ3) is 3.95. The van der Waals surface area contributed by atoms with Crippen LogP contribution in [0.3, 0.4) is 0 Å². The fraction of sp³-hybridized carbons (Fsp3) is 0.304. The van der Waals surface area contributed by atoms with Gasteiger partial charge >= 0.3 is 0 Å². The molecule has 5 nitrogen and oxygen atoms in total. The fourth-order valence-corrected chi connectivity index (χ4v) is 4.73. The molecule has 4 aromatic rings. The highest BCUT2D eigenvalue weighted by atomic mass is 32.1. The molecule has 156 valence electrons. The predicted molar refractivity (Wildman–Crippen MR) is 120 cm³/mol. The number of halogens is 1. The molecule has 3 heterocycles. The van der Waals surface area contributed by atoms with Crippen LogP contribution in [0.5, 0.6) is 0 Å². The summed E-state index contributed by atoms with van der Waals surface area (Å²) < 4.78 is 17.9. The molecule has 0 aliphatic heterocycles. The number of hydrogen-bond acceptors (Lipinski definition) is 4. The Kier molecular flexibility index (Phi) is 5.58. The van der Waals surface area contributed by atoms with Crippen LogP contribution < -0.4 is 5.32 Å².